The van der Waals surface area contributed by atoms with Crippen molar-refractivity contribution in [3.05, 3.63) is 45.0 Å². The summed E-state index contributed by atoms with van der Waals surface area (Å²) in [6, 6.07) is 4.93. The number of amides is 1. The molecule has 1 heterocycles. The van der Waals surface area contributed by atoms with E-state index in [1.165, 1.54) is 10.9 Å². The summed E-state index contributed by atoms with van der Waals surface area (Å²) < 4.78 is 2.22. The van der Waals surface area contributed by atoms with Crippen LogP contribution in [0.1, 0.15) is 15.9 Å². The first kappa shape index (κ1) is 15.0. The number of carbonyl (C=O) groups excluding carboxylic acids is 1. The fourth-order valence-electron chi connectivity index (χ4n) is 1.58. The molecule has 0 aliphatic carbocycles. The van der Waals surface area contributed by atoms with E-state index in [2.05, 4.69) is 26.3 Å². The van der Waals surface area contributed by atoms with Crippen LogP contribution in [-0.2, 0) is 7.05 Å². The first-order valence-electron chi connectivity index (χ1n) is 5.48. The lowest BCUT2D eigenvalue weighted by molar-refractivity contribution is 0.102. The van der Waals surface area contributed by atoms with E-state index in [-0.39, 0.29) is 10.9 Å². The standard InChI is InChI=1S/C12H10BrClN4OS/c1-18-11(7(5-16-18)10(15)20)17-12(19)6-2-3-8(13)9(14)4-6/h2-5H,1H3,(H2,15,20)(H,17,19). The highest BCUT2D eigenvalue weighted by molar-refractivity contribution is 9.10. The molecule has 104 valence electrons. The van der Waals surface area contributed by atoms with Gasteiger partial charge in [-0.1, -0.05) is 23.8 Å². The summed E-state index contributed by atoms with van der Waals surface area (Å²) in [6.07, 6.45) is 1.51. The van der Waals surface area contributed by atoms with Crippen molar-refractivity contribution in [3.63, 3.8) is 0 Å². The van der Waals surface area contributed by atoms with Crippen LogP contribution in [0.3, 0.4) is 0 Å². The zero-order valence-electron chi connectivity index (χ0n) is 10.4. The molecule has 0 saturated heterocycles. The van der Waals surface area contributed by atoms with Gasteiger partial charge in [-0.2, -0.15) is 5.10 Å². The van der Waals surface area contributed by atoms with Crippen LogP contribution in [-0.4, -0.2) is 20.7 Å². The van der Waals surface area contributed by atoms with Crippen molar-refractivity contribution in [2.75, 3.05) is 5.32 Å². The molecule has 0 bridgehead atoms. The van der Waals surface area contributed by atoms with Crippen molar-refractivity contribution in [3.8, 4) is 0 Å². The fraction of sp³-hybridized carbons (Fsp3) is 0.0833. The van der Waals surface area contributed by atoms with Gasteiger partial charge in [0.2, 0.25) is 0 Å². The normalized spacial score (nSPS) is 10.3. The highest BCUT2D eigenvalue weighted by atomic mass is 79.9. The number of anilines is 1. The summed E-state index contributed by atoms with van der Waals surface area (Å²) >= 11 is 14.2. The van der Waals surface area contributed by atoms with Gasteiger partial charge in [-0.3, -0.25) is 9.48 Å². The molecular formula is C12H10BrClN4OS. The van der Waals surface area contributed by atoms with Gasteiger partial charge in [0.15, 0.2) is 0 Å². The molecule has 20 heavy (non-hydrogen) atoms. The summed E-state index contributed by atoms with van der Waals surface area (Å²) in [4.78, 5) is 12.4. The molecule has 0 aliphatic rings. The van der Waals surface area contributed by atoms with Gasteiger partial charge in [0, 0.05) is 17.1 Å². The lowest BCUT2D eigenvalue weighted by atomic mass is 10.2. The highest BCUT2D eigenvalue weighted by Crippen LogP contribution is 2.24. The zero-order chi connectivity index (χ0) is 14.9. The van der Waals surface area contributed by atoms with Gasteiger partial charge >= 0.3 is 0 Å². The van der Waals surface area contributed by atoms with Gasteiger partial charge in [0.05, 0.1) is 16.8 Å². The van der Waals surface area contributed by atoms with E-state index in [0.717, 1.165) is 4.47 Å². The van der Waals surface area contributed by atoms with Crippen LogP contribution in [0, 0.1) is 0 Å². The Morgan fingerprint density at radius 2 is 2.25 bits per heavy atom. The molecule has 5 nitrogen and oxygen atoms in total. The number of thiocarbonyl (C=S) groups is 1. The topological polar surface area (TPSA) is 72.9 Å². The molecule has 0 aliphatic heterocycles. The van der Waals surface area contributed by atoms with Gasteiger partial charge in [-0.05, 0) is 34.1 Å². The van der Waals surface area contributed by atoms with E-state index < -0.39 is 0 Å². The van der Waals surface area contributed by atoms with Crippen molar-refractivity contribution < 1.29 is 4.79 Å². The average Bonchev–Trinajstić information content (AvgIpc) is 2.74. The van der Waals surface area contributed by atoms with E-state index in [0.29, 0.717) is 22.0 Å². The number of rotatable bonds is 3. The molecule has 1 amide bonds. The van der Waals surface area contributed by atoms with Gasteiger partial charge < -0.3 is 11.1 Å². The Bertz CT molecular complexity index is 701. The second kappa shape index (κ2) is 5.90. The summed E-state index contributed by atoms with van der Waals surface area (Å²) in [5.74, 6) is 0.127. The van der Waals surface area contributed by atoms with E-state index in [1.54, 1.807) is 25.2 Å². The van der Waals surface area contributed by atoms with Crippen LogP contribution in [0.25, 0.3) is 0 Å². The summed E-state index contributed by atoms with van der Waals surface area (Å²) in [5, 5.41) is 7.20. The van der Waals surface area contributed by atoms with E-state index >= 15 is 0 Å². The maximum absolute atomic E-state index is 12.2. The first-order valence-corrected chi connectivity index (χ1v) is 7.06. The minimum Gasteiger partial charge on any atom is -0.389 e. The maximum atomic E-state index is 12.2. The number of halogens is 2. The van der Waals surface area contributed by atoms with Crippen LogP contribution in [0.5, 0.6) is 0 Å². The number of nitrogens with one attached hydrogen (secondary N) is 1. The lowest BCUT2D eigenvalue weighted by Gasteiger charge is -2.08. The van der Waals surface area contributed by atoms with Gasteiger partial charge in [-0.15, -0.1) is 0 Å². The Balaban J connectivity index is 2.30. The molecule has 3 N–H and O–H groups in total. The smallest absolute Gasteiger partial charge is 0.256 e. The van der Waals surface area contributed by atoms with Gasteiger partial charge in [0.25, 0.3) is 5.91 Å². The third-order valence-electron chi connectivity index (χ3n) is 2.62. The summed E-state index contributed by atoms with van der Waals surface area (Å²) in [5.41, 5.74) is 6.52. The number of aryl methyl sites for hydroxylation is 1. The molecule has 0 atom stereocenters. The summed E-state index contributed by atoms with van der Waals surface area (Å²) in [6.45, 7) is 0. The lowest BCUT2D eigenvalue weighted by Crippen LogP contribution is -2.18. The molecule has 2 rings (SSSR count). The third kappa shape index (κ3) is 3.00. The maximum Gasteiger partial charge on any atom is 0.256 e. The second-order valence-corrected chi connectivity index (χ2v) is 5.68. The zero-order valence-corrected chi connectivity index (χ0v) is 13.5. The van der Waals surface area contributed by atoms with E-state index in [4.69, 9.17) is 29.6 Å². The second-order valence-electron chi connectivity index (χ2n) is 3.98. The predicted molar refractivity (Wildman–Crippen MR) is 86.2 cm³/mol. The molecule has 0 radical (unpaired) electrons. The SMILES string of the molecule is Cn1ncc(C(N)=S)c1NC(=O)c1ccc(Br)c(Cl)c1. The number of benzene rings is 1. The molecular weight excluding hydrogens is 364 g/mol. The van der Waals surface area contributed by atoms with Crippen LogP contribution < -0.4 is 11.1 Å². The molecule has 1 aromatic heterocycles. The molecule has 1 aromatic carbocycles. The Labute approximate surface area is 134 Å². The minimum atomic E-state index is -0.319. The van der Waals surface area contributed by atoms with Gasteiger partial charge in [-0.25, -0.2) is 0 Å². The Morgan fingerprint density at radius 1 is 1.55 bits per heavy atom. The van der Waals surface area contributed by atoms with Crippen molar-refractivity contribution in [2.24, 2.45) is 12.8 Å². The van der Waals surface area contributed by atoms with Crippen LogP contribution in [0.15, 0.2) is 28.9 Å². The Hall–Kier alpha value is -1.44. The van der Waals surface area contributed by atoms with Crippen molar-refractivity contribution in [2.45, 2.75) is 0 Å². The van der Waals surface area contributed by atoms with Crippen molar-refractivity contribution >= 4 is 56.5 Å². The molecule has 2 aromatic rings. The average molecular weight is 374 g/mol. The largest absolute Gasteiger partial charge is 0.389 e. The first-order chi connectivity index (χ1) is 9.40. The third-order valence-corrected chi connectivity index (χ3v) is 4.07. The number of hydrogen-bond donors (Lipinski definition) is 2. The van der Waals surface area contributed by atoms with E-state index in [1.807, 2.05) is 0 Å². The fourth-order valence-corrected chi connectivity index (χ4v) is 2.16. The summed E-state index contributed by atoms with van der Waals surface area (Å²) in [7, 11) is 1.69. The highest BCUT2D eigenvalue weighted by Gasteiger charge is 2.15. The van der Waals surface area contributed by atoms with Crippen LogP contribution in [0.4, 0.5) is 5.82 Å². The van der Waals surface area contributed by atoms with E-state index in [9.17, 15) is 4.79 Å². The quantitative estimate of drug-likeness (QED) is 0.811. The molecule has 8 heteroatoms. The Morgan fingerprint density at radius 3 is 2.85 bits per heavy atom. The van der Waals surface area contributed by atoms with Crippen LogP contribution in [0.2, 0.25) is 5.02 Å². The van der Waals surface area contributed by atoms with Crippen molar-refractivity contribution in [1.82, 2.24) is 9.78 Å². The predicted octanol–water partition coefficient (Wildman–Crippen LogP) is 2.72. The van der Waals surface area contributed by atoms with Crippen LogP contribution >= 0.6 is 39.7 Å². The minimum absolute atomic E-state index is 0.169. The Kier molecular flexibility index (Phi) is 4.42. The van der Waals surface area contributed by atoms with Crippen molar-refractivity contribution in [1.29, 1.82) is 0 Å². The molecule has 0 spiro atoms. The molecule has 0 unspecified atom stereocenters. The number of carbonyl (C=O) groups is 1. The molecule has 0 saturated carbocycles. The van der Waals surface area contributed by atoms with Gasteiger partial charge in [0.1, 0.15) is 10.8 Å². The monoisotopic (exact) mass is 372 g/mol. The number of nitrogens with two attached hydrogens (primary N) is 1. The number of nitrogens with zero attached hydrogens (tertiary/aromatic N) is 2. The molecule has 0 fully saturated rings. The number of aromatic nitrogens is 2. The number of hydrogen-bond acceptors (Lipinski definition) is 3.